The number of benzene rings is 2. The van der Waals surface area contributed by atoms with E-state index in [0.29, 0.717) is 36.0 Å². The van der Waals surface area contributed by atoms with Crippen molar-refractivity contribution in [1.29, 1.82) is 0 Å². The molecule has 0 aliphatic carbocycles. The van der Waals surface area contributed by atoms with E-state index < -0.39 is 17.7 Å². The smallest absolute Gasteiger partial charge is 0.295 e. The largest absolute Gasteiger partial charge is 0.507 e. The molecule has 7 heteroatoms. The fourth-order valence-corrected chi connectivity index (χ4v) is 4.04. The predicted octanol–water partition coefficient (Wildman–Crippen LogP) is 4.67. The highest BCUT2D eigenvalue weighted by Crippen LogP contribution is 2.39. The Morgan fingerprint density at radius 2 is 1.76 bits per heavy atom. The van der Waals surface area contributed by atoms with Crippen molar-refractivity contribution < 1.29 is 19.4 Å². The Morgan fingerprint density at radius 3 is 2.33 bits per heavy atom. The van der Waals surface area contributed by atoms with Crippen molar-refractivity contribution in [3.05, 3.63) is 82.9 Å². The number of hydrogen-bond donors (Lipinski definition) is 1. The zero-order chi connectivity index (χ0) is 24.0. The molecule has 0 bridgehead atoms. The van der Waals surface area contributed by atoms with Gasteiger partial charge in [-0.2, -0.15) is 0 Å². The molecule has 1 aliphatic heterocycles. The molecule has 1 aliphatic rings. The number of carbonyl (C=O) groups is 2. The quantitative estimate of drug-likeness (QED) is 0.237. The molecule has 33 heavy (non-hydrogen) atoms. The normalized spacial score (nSPS) is 17.6. The van der Waals surface area contributed by atoms with Crippen LogP contribution < -0.4 is 4.74 Å². The summed E-state index contributed by atoms with van der Waals surface area (Å²) in [6.07, 6.45) is 1.65. The number of carbonyl (C=O) groups excluding carboxylic acids is 2. The highest BCUT2D eigenvalue weighted by molar-refractivity contribution is 6.46. The molecule has 1 saturated heterocycles. The number of ether oxygens (including phenoxy) is 1. The van der Waals surface area contributed by atoms with Crippen LogP contribution in [0.15, 0.2) is 66.8 Å². The maximum Gasteiger partial charge on any atom is 0.295 e. The van der Waals surface area contributed by atoms with Crippen molar-refractivity contribution in [2.45, 2.75) is 19.9 Å². The summed E-state index contributed by atoms with van der Waals surface area (Å²) in [5.41, 5.74) is 1.22. The lowest BCUT2D eigenvalue weighted by molar-refractivity contribution is -0.140. The van der Waals surface area contributed by atoms with Crippen LogP contribution in [0.25, 0.3) is 5.76 Å². The van der Waals surface area contributed by atoms with E-state index in [1.807, 2.05) is 12.1 Å². The van der Waals surface area contributed by atoms with Gasteiger partial charge in [0.15, 0.2) is 0 Å². The van der Waals surface area contributed by atoms with Crippen LogP contribution in [-0.4, -0.2) is 59.4 Å². The second kappa shape index (κ2) is 11.2. The number of likely N-dealkylation sites (N-methyl/N-ethyl adjacent to an activating group) is 1. The van der Waals surface area contributed by atoms with E-state index in [2.05, 4.69) is 25.3 Å². The Morgan fingerprint density at radius 1 is 1.12 bits per heavy atom. The number of rotatable bonds is 10. The minimum atomic E-state index is -0.704. The van der Waals surface area contributed by atoms with Crippen molar-refractivity contribution in [1.82, 2.24) is 9.80 Å². The zero-order valence-electron chi connectivity index (χ0n) is 19.0. The van der Waals surface area contributed by atoms with E-state index >= 15 is 0 Å². The van der Waals surface area contributed by atoms with Gasteiger partial charge in [-0.1, -0.05) is 50.2 Å². The number of halogens is 1. The van der Waals surface area contributed by atoms with Gasteiger partial charge >= 0.3 is 0 Å². The first kappa shape index (κ1) is 24.6. The number of aliphatic hydroxyl groups is 1. The fourth-order valence-electron chi connectivity index (χ4n) is 3.91. The van der Waals surface area contributed by atoms with E-state index in [0.717, 1.165) is 18.7 Å². The van der Waals surface area contributed by atoms with E-state index in [9.17, 15) is 14.7 Å². The van der Waals surface area contributed by atoms with Gasteiger partial charge in [0.25, 0.3) is 11.7 Å². The highest BCUT2D eigenvalue weighted by Gasteiger charge is 2.45. The minimum absolute atomic E-state index is 0.0710. The standard InChI is InChI=1S/C26H29ClN2O4/c1-4-17-33-21-13-9-18(10-14-21)23-22(24(30)19-7-11-20(27)12-8-19)25(31)26(32)29(23)16-15-28(5-2)6-3/h4,7-14,23,30H,1,5-6,15-17H2,2-3H3/b24-22+/t23-/m0/s1. The first-order valence-corrected chi connectivity index (χ1v) is 11.4. The van der Waals surface area contributed by atoms with Gasteiger partial charge in [0.05, 0.1) is 11.6 Å². The molecular weight excluding hydrogens is 440 g/mol. The van der Waals surface area contributed by atoms with Crippen LogP contribution in [0.2, 0.25) is 5.02 Å². The van der Waals surface area contributed by atoms with Crippen LogP contribution in [0.4, 0.5) is 0 Å². The Bertz CT molecular complexity index is 1030. The number of hydrogen-bond acceptors (Lipinski definition) is 5. The van der Waals surface area contributed by atoms with Gasteiger partial charge < -0.3 is 19.6 Å². The number of ketones is 1. The minimum Gasteiger partial charge on any atom is -0.507 e. The molecule has 1 amide bonds. The summed E-state index contributed by atoms with van der Waals surface area (Å²) in [7, 11) is 0. The number of Topliss-reactive ketones (excluding diaryl/α,β-unsaturated/α-hetero) is 1. The SMILES string of the molecule is C=CCOc1ccc([C@H]2/C(=C(\O)c3ccc(Cl)cc3)C(=O)C(=O)N2CCN(CC)CC)cc1. The Balaban J connectivity index is 2.05. The summed E-state index contributed by atoms with van der Waals surface area (Å²) >= 11 is 5.98. The van der Waals surface area contributed by atoms with Gasteiger partial charge in [0, 0.05) is 23.7 Å². The first-order valence-electron chi connectivity index (χ1n) is 11.0. The van der Waals surface area contributed by atoms with Gasteiger partial charge in [-0.15, -0.1) is 0 Å². The van der Waals surface area contributed by atoms with Crippen LogP contribution in [0.3, 0.4) is 0 Å². The van der Waals surface area contributed by atoms with Crippen molar-refractivity contribution in [3.63, 3.8) is 0 Å². The van der Waals surface area contributed by atoms with E-state index in [-0.39, 0.29) is 11.3 Å². The third kappa shape index (κ3) is 5.46. The van der Waals surface area contributed by atoms with Crippen LogP contribution in [-0.2, 0) is 9.59 Å². The molecule has 1 atom stereocenters. The van der Waals surface area contributed by atoms with Crippen LogP contribution >= 0.6 is 11.6 Å². The summed E-state index contributed by atoms with van der Waals surface area (Å²) in [4.78, 5) is 29.9. The van der Waals surface area contributed by atoms with Crippen LogP contribution in [0.1, 0.15) is 31.0 Å². The number of nitrogens with zero attached hydrogens (tertiary/aromatic N) is 2. The van der Waals surface area contributed by atoms with Gasteiger partial charge in [-0.05, 0) is 55.1 Å². The first-order chi connectivity index (χ1) is 15.9. The monoisotopic (exact) mass is 468 g/mol. The van der Waals surface area contributed by atoms with Gasteiger partial charge in [0.2, 0.25) is 0 Å². The van der Waals surface area contributed by atoms with Gasteiger partial charge in [-0.3, -0.25) is 9.59 Å². The van der Waals surface area contributed by atoms with E-state index in [1.54, 1.807) is 47.4 Å². The maximum atomic E-state index is 13.1. The predicted molar refractivity (Wildman–Crippen MR) is 130 cm³/mol. The van der Waals surface area contributed by atoms with Crippen molar-refractivity contribution in [3.8, 4) is 5.75 Å². The van der Waals surface area contributed by atoms with Crippen LogP contribution in [0.5, 0.6) is 5.75 Å². The molecule has 2 aromatic rings. The van der Waals surface area contributed by atoms with E-state index in [1.165, 1.54) is 0 Å². The number of aliphatic hydroxyl groups excluding tert-OH is 1. The lowest BCUT2D eigenvalue weighted by Crippen LogP contribution is -2.38. The molecule has 0 saturated carbocycles. The molecule has 0 spiro atoms. The average Bonchev–Trinajstić information content (AvgIpc) is 3.08. The third-order valence-electron chi connectivity index (χ3n) is 5.77. The molecule has 1 heterocycles. The van der Waals surface area contributed by atoms with Gasteiger partial charge in [-0.25, -0.2) is 0 Å². The molecule has 0 radical (unpaired) electrons. The van der Waals surface area contributed by atoms with Crippen molar-refractivity contribution >= 4 is 29.1 Å². The van der Waals surface area contributed by atoms with Crippen molar-refractivity contribution in [2.75, 3.05) is 32.8 Å². The Labute approximate surface area is 199 Å². The average molecular weight is 469 g/mol. The second-order valence-electron chi connectivity index (χ2n) is 7.69. The molecule has 3 rings (SSSR count). The number of likely N-dealkylation sites (tertiary alicyclic amines) is 1. The lowest BCUT2D eigenvalue weighted by atomic mass is 9.95. The third-order valence-corrected chi connectivity index (χ3v) is 6.02. The molecule has 1 N–H and O–H groups in total. The molecule has 6 nitrogen and oxygen atoms in total. The molecule has 0 aromatic heterocycles. The zero-order valence-corrected chi connectivity index (χ0v) is 19.7. The molecule has 174 valence electrons. The van der Waals surface area contributed by atoms with Crippen molar-refractivity contribution in [2.24, 2.45) is 0 Å². The molecule has 2 aromatic carbocycles. The fraction of sp³-hybridized carbons (Fsp3) is 0.308. The van der Waals surface area contributed by atoms with Crippen LogP contribution in [0, 0.1) is 0 Å². The molecular formula is C26H29ClN2O4. The highest BCUT2D eigenvalue weighted by atomic mass is 35.5. The molecule has 1 fully saturated rings. The Hall–Kier alpha value is -3.09. The second-order valence-corrected chi connectivity index (χ2v) is 8.13. The summed E-state index contributed by atoms with van der Waals surface area (Å²) in [6, 6.07) is 13.0. The summed E-state index contributed by atoms with van der Waals surface area (Å²) in [6.45, 7) is 10.8. The summed E-state index contributed by atoms with van der Waals surface area (Å²) < 4.78 is 5.56. The lowest BCUT2D eigenvalue weighted by Gasteiger charge is -2.28. The summed E-state index contributed by atoms with van der Waals surface area (Å²) in [5.74, 6) is -0.877. The van der Waals surface area contributed by atoms with Gasteiger partial charge in [0.1, 0.15) is 18.1 Å². The topological polar surface area (TPSA) is 70.1 Å². The Kier molecular flexibility index (Phi) is 8.31. The number of amides is 1. The maximum absolute atomic E-state index is 13.1. The molecule has 0 unspecified atom stereocenters. The summed E-state index contributed by atoms with van der Waals surface area (Å²) in [5, 5.41) is 11.6. The van der Waals surface area contributed by atoms with E-state index in [4.69, 9.17) is 16.3 Å².